The number of amidine groups is 1. The highest BCUT2D eigenvalue weighted by Crippen LogP contribution is 2.31. The van der Waals surface area contributed by atoms with Crippen LogP contribution in [-0.4, -0.2) is 63.1 Å². The summed E-state index contributed by atoms with van der Waals surface area (Å²) in [4.78, 5) is 0.0488. The number of methoxy groups -OCH3 is 2. The highest BCUT2D eigenvalue weighted by molar-refractivity contribution is 7.90. The number of ether oxygens (including phenoxy) is 2. The van der Waals surface area contributed by atoms with Crippen molar-refractivity contribution in [1.82, 2.24) is 5.01 Å². The number of aliphatic hydroxyl groups is 1. The molecule has 2 aromatic rings. The quantitative estimate of drug-likeness (QED) is 0.547. The van der Waals surface area contributed by atoms with E-state index < -0.39 is 10.0 Å². The molecule has 0 fully saturated rings. The fourth-order valence-corrected chi connectivity index (χ4v) is 3.84. The van der Waals surface area contributed by atoms with Crippen molar-refractivity contribution < 1.29 is 28.1 Å². The Bertz CT molecular complexity index is 1050. The number of nitrogens with zero attached hydrogens (tertiary/aromatic N) is 3. The molecular formula is C18H19N3O6S. The Morgan fingerprint density at radius 3 is 2.64 bits per heavy atom. The zero-order chi connectivity index (χ0) is 20.3. The molecule has 0 radical (unpaired) electrons. The molecule has 1 heterocycles. The lowest BCUT2D eigenvalue weighted by Crippen LogP contribution is -2.29. The first-order chi connectivity index (χ1) is 13.4. The van der Waals surface area contributed by atoms with Gasteiger partial charge in [-0.15, -0.1) is 4.40 Å². The van der Waals surface area contributed by atoms with E-state index in [0.717, 1.165) is 0 Å². The van der Waals surface area contributed by atoms with Crippen LogP contribution in [-0.2, 0) is 10.0 Å². The third-order valence-electron chi connectivity index (χ3n) is 4.02. The van der Waals surface area contributed by atoms with Crippen LogP contribution in [0.4, 0.5) is 0 Å². The van der Waals surface area contributed by atoms with Gasteiger partial charge in [-0.1, -0.05) is 0 Å². The number of hydrazone groups is 1. The number of phenols is 1. The van der Waals surface area contributed by atoms with Gasteiger partial charge < -0.3 is 19.7 Å². The summed E-state index contributed by atoms with van der Waals surface area (Å²) in [5.41, 5.74) is 0.943. The van der Waals surface area contributed by atoms with Gasteiger partial charge >= 0.3 is 0 Å². The van der Waals surface area contributed by atoms with Gasteiger partial charge in [0.2, 0.25) is 0 Å². The molecule has 9 nitrogen and oxygen atoms in total. The molecular weight excluding hydrogens is 386 g/mol. The van der Waals surface area contributed by atoms with Crippen molar-refractivity contribution in [1.29, 1.82) is 0 Å². The van der Waals surface area contributed by atoms with E-state index in [4.69, 9.17) is 9.47 Å². The minimum absolute atomic E-state index is 0.0147. The van der Waals surface area contributed by atoms with Gasteiger partial charge in [0.1, 0.15) is 10.6 Å². The molecule has 0 saturated carbocycles. The van der Waals surface area contributed by atoms with Gasteiger partial charge in [-0.3, -0.25) is 0 Å². The zero-order valence-corrected chi connectivity index (χ0v) is 16.0. The fraction of sp³-hybridized carbons (Fsp3) is 0.222. The predicted molar refractivity (Wildman–Crippen MR) is 103 cm³/mol. The van der Waals surface area contributed by atoms with Crippen molar-refractivity contribution in [2.75, 3.05) is 27.4 Å². The molecule has 1 aliphatic heterocycles. The Hall–Kier alpha value is -3.11. The summed E-state index contributed by atoms with van der Waals surface area (Å²) >= 11 is 0. The molecule has 148 valence electrons. The molecule has 0 saturated heterocycles. The Kier molecular flexibility index (Phi) is 5.52. The molecule has 1 aliphatic rings. The second-order valence-electron chi connectivity index (χ2n) is 5.77. The van der Waals surface area contributed by atoms with Gasteiger partial charge in [0.15, 0.2) is 17.3 Å². The summed E-state index contributed by atoms with van der Waals surface area (Å²) in [7, 11) is -0.957. The van der Waals surface area contributed by atoms with E-state index in [2.05, 4.69) is 9.50 Å². The fourth-order valence-electron chi connectivity index (χ4n) is 2.66. The third kappa shape index (κ3) is 3.78. The van der Waals surface area contributed by atoms with Gasteiger partial charge in [-0.25, -0.2) is 5.01 Å². The lowest BCUT2D eigenvalue weighted by Gasteiger charge is -2.18. The molecule has 0 amide bonds. The molecule has 3 rings (SSSR count). The second kappa shape index (κ2) is 7.87. The number of fused-ring (bicyclic) bond motifs is 1. The van der Waals surface area contributed by atoms with E-state index in [-0.39, 0.29) is 35.4 Å². The van der Waals surface area contributed by atoms with Gasteiger partial charge in [-0.05, 0) is 42.0 Å². The molecule has 0 bridgehead atoms. The van der Waals surface area contributed by atoms with Crippen LogP contribution in [0.15, 0.2) is 50.8 Å². The van der Waals surface area contributed by atoms with Gasteiger partial charge in [-0.2, -0.15) is 13.5 Å². The van der Waals surface area contributed by atoms with Crippen molar-refractivity contribution in [3.63, 3.8) is 0 Å². The normalized spacial score (nSPS) is 14.6. The Balaban J connectivity index is 2.00. The van der Waals surface area contributed by atoms with Crippen LogP contribution in [0.25, 0.3) is 0 Å². The van der Waals surface area contributed by atoms with Crippen LogP contribution < -0.4 is 9.47 Å². The van der Waals surface area contributed by atoms with E-state index in [0.29, 0.717) is 16.9 Å². The van der Waals surface area contributed by atoms with E-state index in [1.807, 2.05) is 0 Å². The van der Waals surface area contributed by atoms with E-state index >= 15 is 0 Å². The summed E-state index contributed by atoms with van der Waals surface area (Å²) in [5, 5.41) is 24.6. The summed E-state index contributed by atoms with van der Waals surface area (Å²) in [6.45, 7) is -0.245. The number of sulfonamides is 1. The number of phenolic OH excluding ortho intramolecular Hbond substituents is 1. The smallest absolute Gasteiger partial charge is 0.285 e. The number of hydrogen-bond donors (Lipinski definition) is 2. The van der Waals surface area contributed by atoms with Crippen LogP contribution in [0.5, 0.6) is 17.2 Å². The third-order valence-corrected chi connectivity index (χ3v) is 5.34. The number of benzene rings is 2. The maximum atomic E-state index is 12.4. The van der Waals surface area contributed by atoms with Gasteiger partial charge in [0, 0.05) is 5.56 Å². The molecule has 2 aromatic carbocycles. The Morgan fingerprint density at radius 2 is 1.96 bits per heavy atom. The van der Waals surface area contributed by atoms with Crippen molar-refractivity contribution in [2.45, 2.75) is 4.90 Å². The van der Waals surface area contributed by atoms with Gasteiger partial charge in [0.25, 0.3) is 10.0 Å². The average molecular weight is 405 g/mol. The van der Waals surface area contributed by atoms with Crippen molar-refractivity contribution in [3.05, 3.63) is 47.5 Å². The lowest BCUT2D eigenvalue weighted by molar-refractivity contribution is 0.254. The van der Waals surface area contributed by atoms with Crippen LogP contribution in [0, 0.1) is 0 Å². The SMILES string of the molecule is COc1ccc2c(c1)C(N(CCO)N=Cc1ccc(O)c(OC)c1)=NS2(=O)=O. The maximum absolute atomic E-state index is 12.4. The first-order valence-electron chi connectivity index (χ1n) is 8.22. The summed E-state index contributed by atoms with van der Waals surface area (Å²) in [6, 6.07) is 9.15. The molecule has 0 aromatic heterocycles. The summed E-state index contributed by atoms with van der Waals surface area (Å²) in [6.07, 6.45) is 1.45. The van der Waals surface area contributed by atoms with Crippen molar-refractivity contribution in [2.24, 2.45) is 9.50 Å². The second-order valence-corrected chi connectivity index (χ2v) is 7.35. The standard InChI is InChI=1S/C18H19N3O6S/c1-26-13-4-6-17-14(10-13)18(20-28(17,24)25)21(7-8-22)19-11-12-3-5-15(23)16(9-12)27-2/h3-6,9-11,22-23H,7-8H2,1-2H3. The molecule has 0 aliphatic carbocycles. The molecule has 0 unspecified atom stereocenters. The monoisotopic (exact) mass is 405 g/mol. The minimum atomic E-state index is -3.86. The van der Waals surface area contributed by atoms with Crippen LogP contribution in [0.2, 0.25) is 0 Å². The Morgan fingerprint density at radius 1 is 1.18 bits per heavy atom. The highest BCUT2D eigenvalue weighted by Gasteiger charge is 2.32. The molecule has 2 N–H and O–H groups in total. The first kappa shape index (κ1) is 19.6. The Labute approximate surface area is 162 Å². The van der Waals surface area contributed by atoms with Crippen molar-refractivity contribution >= 4 is 22.1 Å². The highest BCUT2D eigenvalue weighted by atomic mass is 32.2. The summed E-state index contributed by atoms with van der Waals surface area (Å²) < 4.78 is 38.7. The number of rotatable bonds is 6. The minimum Gasteiger partial charge on any atom is -0.504 e. The van der Waals surface area contributed by atoms with Crippen LogP contribution >= 0.6 is 0 Å². The molecule has 0 spiro atoms. The van der Waals surface area contributed by atoms with Gasteiger partial charge in [0.05, 0.1) is 33.6 Å². The summed E-state index contributed by atoms with van der Waals surface area (Å²) in [5.74, 6) is 0.817. The number of aromatic hydroxyl groups is 1. The molecule has 28 heavy (non-hydrogen) atoms. The first-order valence-corrected chi connectivity index (χ1v) is 9.66. The van der Waals surface area contributed by atoms with Crippen LogP contribution in [0.3, 0.4) is 0 Å². The van der Waals surface area contributed by atoms with Crippen molar-refractivity contribution in [3.8, 4) is 17.2 Å². The lowest BCUT2D eigenvalue weighted by atomic mass is 10.2. The van der Waals surface area contributed by atoms with E-state index in [1.165, 1.54) is 43.6 Å². The topological polar surface area (TPSA) is 121 Å². The maximum Gasteiger partial charge on any atom is 0.285 e. The average Bonchev–Trinajstić information content (AvgIpc) is 2.96. The van der Waals surface area contributed by atoms with E-state index in [9.17, 15) is 18.6 Å². The zero-order valence-electron chi connectivity index (χ0n) is 15.2. The number of aliphatic hydroxyl groups excluding tert-OH is 1. The number of hydrogen-bond acceptors (Lipinski definition) is 8. The largest absolute Gasteiger partial charge is 0.504 e. The predicted octanol–water partition coefficient (Wildman–Crippen LogP) is 1.19. The van der Waals surface area contributed by atoms with Crippen LogP contribution in [0.1, 0.15) is 11.1 Å². The van der Waals surface area contributed by atoms with E-state index in [1.54, 1.807) is 18.2 Å². The molecule has 10 heteroatoms. The molecule has 0 atom stereocenters.